The molecule has 1 aliphatic rings. The number of aryl methyl sites for hydroxylation is 2. The van der Waals surface area contributed by atoms with Crippen molar-refractivity contribution in [1.82, 2.24) is 14.5 Å². The summed E-state index contributed by atoms with van der Waals surface area (Å²) >= 11 is 6.04. The summed E-state index contributed by atoms with van der Waals surface area (Å²) in [5.41, 5.74) is 2.78. The van der Waals surface area contributed by atoms with Crippen molar-refractivity contribution >= 4 is 28.5 Å². The van der Waals surface area contributed by atoms with Crippen molar-refractivity contribution in [2.75, 3.05) is 13.1 Å². The number of nitrogens with zero attached hydrogens (tertiary/aromatic N) is 3. The molecule has 1 amide bonds. The van der Waals surface area contributed by atoms with E-state index in [-0.39, 0.29) is 12.0 Å². The van der Waals surface area contributed by atoms with E-state index in [9.17, 15) is 4.79 Å². The van der Waals surface area contributed by atoms with Crippen LogP contribution in [-0.4, -0.2) is 39.6 Å². The second-order valence-electron chi connectivity index (χ2n) is 7.00. The first-order valence-electron chi connectivity index (χ1n) is 9.16. The summed E-state index contributed by atoms with van der Waals surface area (Å²) in [6.45, 7) is 3.38. The van der Waals surface area contributed by atoms with Gasteiger partial charge in [0.05, 0.1) is 11.0 Å². The molecule has 1 saturated heterocycles. The van der Waals surface area contributed by atoms with Gasteiger partial charge in [-0.25, -0.2) is 4.98 Å². The third-order valence-electron chi connectivity index (χ3n) is 5.15. The third kappa shape index (κ3) is 3.52. The maximum absolute atomic E-state index is 13.0. The zero-order valence-corrected chi connectivity index (χ0v) is 16.2. The maximum atomic E-state index is 13.0. The molecule has 0 spiro atoms. The van der Waals surface area contributed by atoms with Crippen LogP contribution in [0.4, 0.5) is 0 Å². The summed E-state index contributed by atoms with van der Waals surface area (Å²) in [7, 11) is 1.87. The Morgan fingerprint density at radius 3 is 2.67 bits per heavy atom. The van der Waals surface area contributed by atoms with Gasteiger partial charge in [0.25, 0.3) is 5.91 Å². The van der Waals surface area contributed by atoms with E-state index in [0.29, 0.717) is 23.9 Å². The molecule has 0 N–H and O–H groups in total. The second-order valence-corrected chi connectivity index (χ2v) is 7.44. The molecule has 1 fully saturated rings. The predicted molar refractivity (Wildman–Crippen MR) is 106 cm³/mol. The Bertz CT molecular complexity index is 990. The zero-order chi connectivity index (χ0) is 19.0. The molecule has 1 aromatic heterocycles. The van der Waals surface area contributed by atoms with Crippen molar-refractivity contribution < 1.29 is 9.53 Å². The summed E-state index contributed by atoms with van der Waals surface area (Å²) in [5.74, 6) is 1.33. The molecular weight excluding hydrogens is 362 g/mol. The number of para-hydroxylation sites is 1. The number of imidazole rings is 1. The fourth-order valence-electron chi connectivity index (χ4n) is 3.55. The number of hydrogen-bond donors (Lipinski definition) is 0. The average Bonchev–Trinajstić information content (AvgIpc) is 2.99. The van der Waals surface area contributed by atoms with Crippen LogP contribution in [0, 0.1) is 6.92 Å². The highest BCUT2D eigenvalue weighted by Crippen LogP contribution is 2.24. The van der Waals surface area contributed by atoms with Crippen LogP contribution in [0.2, 0.25) is 5.02 Å². The molecule has 4 rings (SSSR count). The highest BCUT2D eigenvalue weighted by atomic mass is 35.5. The van der Waals surface area contributed by atoms with E-state index in [2.05, 4.69) is 4.98 Å². The van der Waals surface area contributed by atoms with Gasteiger partial charge in [-0.1, -0.05) is 29.8 Å². The monoisotopic (exact) mass is 383 g/mol. The molecule has 0 aliphatic carbocycles. The van der Waals surface area contributed by atoms with E-state index >= 15 is 0 Å². The van der Waals surface area contributed by atoms with Crippen molar-refractivity contribution in [2.24, 2.45) is 7.05 Å². The molecule has 2 heterocycles. The third-order valence-corrected chi connectivity index (χ3v) is 5.39. The first-order chi connectivity index (χ1) is 13.0. The van der Waals surface area contributed by atoms with E-state index < -0.39 is 0 Å². The Balaban J connectivity index is 1.44. The Kier molecular flexibility index (Phi) is 4.79. The SMILES string of the molecule is Cc1ccccc1OC1CCN(C(=O)c2nc3cc(Cl)ccc3n2C)CC1. The Morgan fingerprint density at radius 1 is 1.19 bits per heavy atom. The molecule has 0 atom stereocenters. The summed E-state index contributed by atoms with van der Waals surface area (Å²) in [4.78, 5) is 19.3. The average molecular weight is 384 g/mol. The van der Waals surface area contributed by atoms with Gasteiger partial charge in [-0.3, -0.25) is 4.79 Å². The maximum Gasteiger partial charge on any atom is 0.289 e. The Morgan fingerprint density at radius 2 is 1.93 bits per heavy atom. The van der Waals surface area contributed by atoms with Crippen LogP contribution < -0.4 is 4.74 Å². The number of carbonyl (C=O) groups is 1. The first kappa shape index (κ1) is 17.9. The van der Waals surface area contributed by atoms with Crippen molar-refractivity contribution in [2.45, 2.75) is 25.9 Å². The highest BCUT2D eigenvalue weighted by molar-refractivity contribution is 6.31. The second kappa shape index (κ2) is 7.24. The minimum Gasteiger partial charge on any atom is -0.490 e. The van der Waals surface area contributed by atoms with E-state index in [1.165, 1.54) is 0 Å². The molecule has 6 heteroatoms. The highest BCUT2D eigenvalue weighted by Gasteiger charge is 2.27. The number of piperidine rings is 1. The number of hydrogen-bond acceptors (Lipinski definition) is 3. The molecule has 27 heavy (non-hydrogen) atoms. The van der Waals surface area contributed by atoms with Crippen molar-refractivity contribution in [3.63, 3.8) is 0 Å². The lowest BCUT2D eigenvalue weighted by Crippen LogP contribution is -2.42. The molecule has 0 radical (unpaired) electrons. The lowest BCUT2D eigenvalue weighted by atomic mass is 10.1. The first-order valence-corrected chi connectivity index (χ1v) is 9.54. The summed E-state index contributed by atoms with van der Waals surface area (Å²) in [6.07, 6.45) is 1.76. The van der Waals surface area contributed by atoms with Gasteiger partial charge in [-0.2, -0.15) is 0 Å². The van der Waals surface area contributed by atoms with E-state index in [4.69, 9.17) is 16.3 Å². The number of carbonyl (C=O) groups excluding carboxylic acids is 1. The smallest absolute Gasteiger partial charge is 0.289 e. The molecule has 140 valence electrons. The van der Waals surface area contributed by atoms with Gasteiger partial charge in [0.1, 0.15) is 11.9 Å². The van der Waals surface area contributed by atoms with Crippen LogP contribution in [0.1, 0.15) is 29.0 Å². The van der Waals surface area contributed by atoms with Crippen LogP contribution in [0.15, 0.2) is 42.5 Å². The summed E-state index contributed by atoms with van der Waals surface area (Å²) in [5, 5.41) is 0.619. The Hall–Kier alpha value is -2.53. The minimum atomic E-state index is -0.0424. The van der Waals surface area contributed by atoms with Crippen molar-refractivity contribution in [3.05, 3.63) is 58.9 Å². The molecule has 3 aromatic rings. The number of fused-ring (bicyclic) bond motifs is 1. The number of benzene rings is 2. The topological polar surface area (TPSA) is 47.4 Å². The molecular formula is C21H22ClN3O2. The van der Waals surface area contributed by atoms with Gasteiger partial charge >= 0.3 is 0 Å². The van der Waals surface area contributed by atoms with Gasteiger partial charge < -0.3 is 14.2 Å². The molecule has 5 nitrogen and oxygen atoms in total. The van der Waals surface area contributed by atoms with E-state index in [1.807, 2.05) is 59.8 Å². The number of rotatable bonds is 3. The minimum absolute atomic E-state index is 0.0424. The van der Waals surface area contributed by atoms with Crippen LogP contribution in [0.3, 0.4) is 0 Å². The fraction of sp³-hybridized carbons (Fsp3) is 0.333. The van der Waals surface area contributed by atoms with Gasteiger partial charge in [0.15, 0.2) is 5.82 Å². The van der Waals surface area contributed by atoms with Crippen molar-refractivity contribution in [3.8, 4) is 5.75 Å². The lowest BCUT2D eigenvalue weighted by Gasteiger charge is -2.32. The molecule has 0 unspecified atom stereocenters. The normalized spacial score (nSPS) is 15.3. The van der Waals surface area contributed by atoms with Gasteiger partial charge in [-0.05, 0) is 36.8 Å². The van der Waals surface area contributed by atoms with Crippen LogP contribution >= 0.6 is 11.6 Å². The number of likely N-dealkylation sites (tertiary alicyclic amines) is 1. The van der Waals surface area contributed by atoms with Gasteiger partial charge in [0.2, 0.25) is 0 Å². The van der Waals surface area contributed by atoms with Crippen LogP contribution in [-0.2, 0) is 7.05 Å². The van der Waals surface area contributed by atoms with Crippen LogP contribution in [0.25, 0.3) is 11.0 Å². The quantitative estimate of drug-likeness (QED) is 0.680. The van der Waals surface area contributed by atoms with Crippen molar-refractivity contribution in [1.29, 1.82) is 0 Å². The molecule has 1 aliphatic heterocycles. The lowest BCUT2D eigenvalue weighted by molar-refractivity contribution is 0.0580. The number of ether oxygens (including phenoxy) is 1. The predicted octanol–water partition coefficient (Wildman–Crippen LogP) is 4.22. The summed E-state index contributed by atoms with van der Waals surface area (Å²) < 4.78 is 7.97. The number of aromatic nitrogens is 2. The molecule has 2 aromatic carbocycles. The summed E-state index contributed by atoms with van der Waals surface area (Å²) in [6, 6.07) is 13.5. The van der Waals surface area contributed by atoms with Gasteiger partial charge in [0, 0.05) is 38.0 Å². The standard InChI is InChI=1S/C21H22ClN3O2/c1-14-5-3-4-6-19(14)27-16-9-11-25(12-10-16)21(26)20-23-17-13-15(22)7-8-18(17)24(20)2/h3-8,13,16H,9-12H2,1-2H3. The Labute approximate surface area is 163 Å². The molecule has 0 saturated carbocycles. The fourth-order valence-corrected chi connectivity index (χ4v) is 3.72. The van der Waals surface area contributed by atoms with E-state index in [1.54, 1.807) is 6.07 Å². The van der Waals surface area contributed by atoms with E-state index in [0.717, 1.165) is 35.2 Å². The zero-order valence-electron chi connectivity index (χ0n) is 15.5. The van der Waals surface area contributed by atoms with Gasteiger partial charge in [-0.15, -0.1) is 0 Å². The number of halogens is 1. The largest absolute Gasteiger partial charge is 0.490 e. The van der Waals surface area contributed by atoms with Crippen LogP contribution in [0.5, 0.6) is 5.75 Å². The number of amides is 1. The molecule has 0 bridgehead atoms.